The Balaban J connectivity index is 7.25. The second kappa shape index (κ2) is 19.9. The first kappa shape index (κ1) is 46.6. The van der Waals surface area contributed by atoms with Gasteiger partial charge in [0.05, 0.1) is 32.7 Å². The van der Waals surface area contributed by atoms with Crippen molar-refractivity contribution in [2.24, 2.45) is 0 Å². The average Bonchev–Trinajstić information content (AvgIpc) is 3.04. The van der Waals surface area contributed by atoms with Crippen molar-refractivity contribution in [1.29, 1.82) is 0 Å². The topological polar surface area (TPSA) is 184 Å². The Kier molecular flexibility index (Phi) is 18.1. The lowest BCUT2D eigenvalue weighted by atomic mass is 9.94. The number of halogens is 6. The number of esters is 7. The normalized spacial score (nSPS) is 14.8. The van der Waals surface area contributed by atoms with Gasteiger partial charge in [0, 0.05) is 5.57 Å². The molecule has 0 radical (unpaired) electrons. The van der Waals surface area contributed by atoms with E-state index in [0.717, 1.165) is 27.7 Å². The van der Waals surface area contributed by atoms with Crippen LogP contribution in [0.25, 0.3) is 0 Å². The Morgan fingerprint density at radius 1 is 0.529 bits per heavy atom. The molecule has 51 heavy (non-hydrogen) atoms. The van der Waals surface area contributed by atoms with Crippen molar-refractivity contribution in [3.63, 3.8) is 0 Å². The van der Waals surface area contributed by atoms with E-state index in [1.807, 2.05) is 0 Å². The predicted octanol–water partition coefficient (Wildman–Crippen LogP) is 4.19. The van der Waals surface area contributed by atoms with E-state index in [-0.39, 0.29) is 0 Å². The van der Waals surface area contributed by atoms with Crippen molar-refractivity contribution in [3.8, 4) is 0 Å². The molecule has 0 spiro atoms. The van der Waals surface area contributed by atoms with E-state index in [1.165, 1.54) is 20.8 Å². The van der Waals surface area contributed by atoms with Gasteiger partial charge in [0.1, 0.15) is 0 Å². The lowest BCUT2D eigenvalue weighted by Crippen LogP contribution is -2.54. The third-order valence-corrected chi connectivity index (χ3v) is 6.63. The third-order valence-electron chi connectivity index (χ3n) is 6.63. The van der Waals surface area contributed by atoms with Crippen LogP contribution < -0.4 is 0 Å². The molecule has 20 heteroatoms. The molecule has 0 aliphatic heterocycles. The van der Waals surface area contributed by atoms with E-state index in [1.54, 1.807) is 0 Å². The summed E-state index contributed by atoms with van der Waals surface area (Å²) in [5.74, 6) is -27.8. The zero-order valence-electron chi connectivity index (χ0n) is 29.1. The van der Waals surface area contributed by atoms with Crippen molar-refractivity contribution < 1.29 is 93.1 Å². The summed E-state index contributed by atoms with van der Waals surface area (Å²) >= 11 is 0. The molecular weight excluding hydrogens is 710 g/mol. The number of carbonyl (C=O) groups excluding carboxylic acids is 7. The largest absolute Gasteiger partial charge is 0.461 e. The number of hydrogen-bond donors (Lipinski definition) is 0. The second-order valence-electron chi connectivity index (χ2n) is 10.6. The van der Waals surface area contributed by atoms with Crippen LogP contribution in [0.3, 0.4) is 0 Å². The lowest BCUT2D eigenvalue weighted by Gasteiger charge is -2.34. The van der Waals surface area contributed by atoms with Crippen molar-refractivity contribution >= 4 is 41.8 Å². The van der Waals surface area contributed by atoms with Crippen LogP contribution in [0.15, 0.2) is 12.2 Å². The molecule has 0 aromatic carbocycles. The first-order valence-electron chi connectivity index (χ1n) is 15.6. The maximum atomic E-state index is 15.0. The molecule has 3 unspecified atom stereocenters. The number of ether oxygens (including phenoxy) is 7. The van der Waals surface area contributed by atoms with Gasteiger partial charge in [0.25, 0.3) is 0 Å². The van der Waals surface area contributed by atoms with Crippen molar-refractivity contribution in [3.05, 3.63) is 12.2 Å². The molecule has 0 rings (SSSR count). The summed E-state index contributed by atoms with van der Waals surface area (Å²) in [6.07, 6.45) is -14.1. The highest BCUT2D eigenvalue weighted by Crippen LogP contribution is 2.34. The minimum Gasteiger partial charge on any atom is -0.461 e. The Morgan fingerprint density at radius 2 is 0.824 bits per heavy atom. The van der Waals surface area contributed by atoms with Crippen LogP contribution in [-0.2, 0) is 66.7 Å². The molecule has 0 saturated heterocycles. The Labute approximate surface area is 289 Å². The lowest BCUT2D eigenvalue weighted by molar-refractivity contribution is -0.217. The molecule has 292 valence electrons. The molecule has 0 amide bonds. The first-order chi connectivity index (χ1) is 23.5. The molecule has 0 aromatic heterocycles. The molecule has 3 atom stereocenters. The zero-order chi connectivity index (χ0) is 40.0. The van der Waals surface area contributed by atoms with Crippen LogP contribution in [0.5, 0.6) is 0 Å². The van der Waals surface area contributed by atoms with E-state index < -0.39 is 141 Å². The summed E-state index contributed by atoms with van der Waals surface area (Å²) in [4.78, 5) is 88.5. The van der Waals surface area contributed by atoms with Crippen LogP contribution in [0, 0.1) is 0 Å². The Bertz CT molecular complexity index is 1230. The maximum Gasteiger partial charge on any atom is 0.381 e. The molecule has 0 saturated carbocycles. The number of alkyl halides is 6. The van der Waals surface area contributed by atoms with Crippen LogP contribution in [-0.4, -0.2) is 103 Å². The minimum atomic E-state index is -4.62. The van der Waals surface area contributed by atoms with E-state index in [2.05, 4.69) is 30.3 Å². The van der Waals surface area contributed by atoms with E-state index >= 15 is 0 Å². The van der Waals surface area contributed by atoms with Crippen molar-refractivity contribution in [1.82, 2.24) is 0 Å². The third kappa shape index (κ3) is 12.4. The van der Waals surface area contributed by atoms with Gasteiger partial charge < -0.3 is 33.2 Å². The molecule has 0 aromatic rings. The summed E-state index contributed by atoms with van der Waals surface area (Å²) in [7, 11) is 0. The summed E-state index contributed by atoms with van der Waals surface area (Å²) in [6.45, 7) is 9.22. The van der Waals surface area contributed by atoms with Crippen LogP contribution in [0.4, 0.5) is 26.3 Å². The summed E-state index contributed by atoms with van der Waals surface area (Å²) in [6, 6.07) is 0. The van der Waals surface area contributed by atoms with Gasteiger partial charge in [0.15, 0.2) is 18.3 Å². The molecule has 0 aliphatic carbocycles. The molecule has 0 fully saturated rings. The van der Waals surface area contributed by atoms with Crippen LogP contribution in [0.2, 0.25) is 0 Å². The summed E-state index contributed by atoms with van der Waals surface area (Å²) < 4.78 is 121. The predicted molar refractivity (Wildman–Crippen MR) is 158 cm³/mol. The van der Waals surface area contributed by atoms with E-state index in [9.17, 15) is 59.9 Å². The highest BCUT2D eigenvalue weighted by atomic mass is 19.3. The van der Waals surface area contributed by atoms with E-state index in [0.29, 0.717) is 0 Å². The smallest absolute Gasteiger partial charge is 0.381 e. The van der Waals surface area contributed by atoms with Gasteiger partial charge in [-0.15, -0.1) is 0 Å². The summed E-state index contributed by atoms with van der Waals surface area (Å²) in [5, 5.41) is 0. The SMILES string of the molecule is C=C(C)C(=O)OC(CC(=O)OC(CC)C(F)(F)C(=O)OCC)(CC(=O)OC(CC)C(F)(F)C(=O)OCC)C(=O)OC(CC)C(F)(F)C(=O)OCC. The Morgan fingerprint density at radius 3 is 1.08 bits per heavy atom. The first-order valence-corrected chi connectivity index (χ1v) is 15.6. The standard InChI is InChI=1S/C31H42F6O14/c1-9-18(29(32,33)25(42)45-12-4)48-21(38)15-28(51-23(40)17(7)8,24(41)50-20(11-3)31(36,37)27(44)47-14-6)16-22(39)49-19(10-2)30(34,35)26(43)46-13-5/h18-20H,7,9-16H2,1-6,8H3. The highest BCUT2D eigenvalue weighted by molar-refractivity contribution is 5.96. The monoisotopic (exact) mass is 752 g/mol. The molecule has 0 N–H and O–H groups in total. The maximum absolute atomic E-state index is 15.0. The van der Waals surface area contributed by atoms with Crippen molar-refractivity contribution in [2.45, 2.75) is 122 Å². The van der Waals surface area contributed by atoms with Crippen LogP contribution in [0.1, 0.15) is 80.6 Å². The van der Waals surface area contributed by atoms with E-state index in [4.69, 9.17) is 9.47 Å². The number of rotatable bonds is 22. The van der Waals surface area contributed by atoms with Gasteiger partial charge in [-0.2, -0.15) is 26.3 Å². The second-order valence-corrected chi connectivity index (χ2v) is 10.6. The Hall–Kier alpha value is -4.39. The molecule has 0 aliphatic rings. The quantitative estimate of drug-likeness (QED) is 0.0664. The number of hydrogen-bond acceptors (Lipinski definition) is 14. The van der Waals surface area contributed by atoms with Gasteiger partial charge in [0.2, 0.25) is 5.60 Å². The molecular formula is C31H42F6O14. The van der Waals surface area contributed by atoms with Gasteiger partial charge in [-0.25, -0.2) is 24.0 Å². The van der Waals surface area contributed by atoms with Crippen molar-refractivity contribution in [2.75, 3.05) is 19.8 Å². The summed E-state index contributed by atoms with van der Waals surface area (Å²) in [5.41, 5.74) is -4.12. The minimum absolute atomic E-state index is 0.518. The fourth-order valence-corrected chi connectivity index (χ4v) is 4.01. The average molecular weight is 753 g/mol. The van der Waals surface area contributed by atoms with Gasteiger partial charge in [-0.05, 0) is 47.0 Å². The fourth-order valence-electron chi connectivity index (χ4n) is 4.01. The molecule has 0 bridgehead atoms. The van der Waals surface area contributed by atoms with Crippen LogP contribution >= 0.6 is 0 Å². The number of carbonyl (C=O) groups is 7. The highest BCUT2D eigenvalue weighted by Gasteiger charge is 2.58. The van der Waals surface area contributed by atoms with Gasteiger partial charge in [-0.3, -0.25) is 9.59 Å². The fraction of sp³-hybridized carbons (Fsp3) is 0.710. The van der Waals surface area contributed by atoms with Gasteiger partial charge in [-0.1, -0.05) is 27.4 Å². The molecule has 14 nitrogen and oxygen atoms in total. The molecule has 0 heterocycles. The van der Waals surface area contributed by atoms with Gasteiger partial charge >= 0.3 is 59.6 Å². The zero-order valence-corrected chi connectivity index (χ0v) is 29.1.